The Kier molecular flexibility index (Phi) is 1.48. The average molecular weight is 307 g/mol. The van der Waals surface area contributed by atoms with Crippen LogP contribution in [-0.4, -0.2) is 0 Å². The Morgan fingerprint density at radius 3 is 2.80 bits per heavy atom. The molecule has 2 rings (SSSR count). The molecule has 0 N–H and O–H groups in total. The summed E-state index contributed by atoms with van der Waals surface area (Å²) < 4.78 is 0.621. The summed E-state index contributed by atoms with van der Waals surface area (Å²) in [5.74, 6) is 0. The fourth-order valence-corrected chi connectivity index (χ4v) is 2.05. The Morgan fingerprint density at radius 1 is 1.20 bits per heavy atom. The van der Waals surface area contributed by atoms with Gasteiger partial charge in [0, 0.05) is 0 Å². The van der Waals surface area contributed by atoms with Crippen molar-refractivity contribution < 1.29 is 18.9 Å². The number of benzene rings is 1. The van der Waals surface area contributed by atoms with Gasteiger partial charge in [0.05, 0.1) is 0 Å². The summed E-state index contributed by atoms with van der Waals surface area (Å²) in [5.41, 5.74) is 2.84. The maximum absolute atomic E-state index is 2.24. The van der Waals surface area contributed by atoms with Gasteiger partial charge >= 0.3 is 70.9 Å². The van der Waals surface area contributed by atoms with Gasteiger partial charge in [0.2, 0.25) is 0 Å². The summed E-state index contributed by atoms with van der Waals surface area (Å²) in [6, 6.07) is 8.54. The quantitative estimate of drug-likeness (QED) is 0.690. The number of hydrogen-bond acceptors (Lipinski definition) is 0. The van der Waals surface area contributed by atoms with E-state index in [-0.39, 0.29) is 0 Å². The van der Waals surface area contributed by atoms with Gasteiger partial charge in [0.15, 0.2) is 0 Å². The van der Waals surface area contributed by atoms with E-state index >= 15 is 0 Å². The second kappa shape index (κ2) is 2.34. The zero-order chi connectivity index (χ0) is 6.97. The van der Waals surface area contributed by atoms with E-state index in [1.54, 1.807) is 0 Å². The fourth-order valence-electron chi connectivity index (χ4n) is 1.19. The third-order valence-corrected chi connectivity index (χ3v) is 2.92. The van der Waals surface area contributed by atoms with Crippen LogP contribution >= 0.6 is 0 Å². The van der Waals surface area contributed by atoms with Crippen LogP contribution in [0.15, 0.2) is 30.3 Å². The Labute approximate surface area is 71.1 Å². The first-order valence-corrected chi connectivity index (χ1v) is 4.65. The zero-order valence-electron chi connectivity index (χ0n) is 5.37. The van der Waals surface area contributed by atoms with Crippen LogP contribution in [0.4, 0.5) is 0 Å². The van der Waals surface area contributed by atoms with Crippen molar-refractivity contribution >= 4 is 6.08 Å². The summed E-state index contributed by atoms with van der Waals surface area (Å²) in [5, 5.41) is 0. The predicted octanol–water partition coefficient (Wildman–Crippen LogP) is 2.30. The van der Waals surface area contributed by atoms with Crippen LogP contribution in [-0.2, 0) is 18.9 Å². The van der Waals surface area contributed by atoms with Crippen molar-refractivity contribution in [2.24, 2.45) is 0 Å². The Hall–Kier alpha value is -0.391. The predicted molar refractivity (Wildman–Crippen MR) is 38.2 cm³/mol. The summed E-state index contributed by atoms with van der Waals surface area (Å²) in [4.78, 5) is 0. The normalized spacial score (nSPS) is 21.2. The van der Waals surface area contributed by atoms with Crippen molar-refractivity contribution in [1.82, 2.24) is 0 Å². The van der Waals surface area contributed by atoms with Gasteiger partial charge in [-0.2, -0.15) is 0 Å². The van der Waals surface area contributed by atoms with Gasteiger partial charge in [0.1, 0.15) is 0 Å². The molecule has 1 unspecified atom stereocenters. The molecule has 1 atom stereocenters. The summed E-state index contributed by atoms with van der Waals surface area (Å²) in [6.45, 7) is 0. The van der Waals surface area contributed by atoms with Crippen LogP contribution in [0.3, 0.4) is 0 Å². The van der Waals surface area contributed by atoms with Crippen LogP contribution in [0.5, 0.6) is 0 Å². The minimum atomic E-state index is 0.621. The van der Waals surface area contributed by atoms with Gasteiger partial charge in [-0.1, -0.05) is 0 Å². The molecule has 10 heavy (non-hydrogen) atoms. The van der Waals surface area contributed by atoms with E-state index < -0.39 is 0 Å². The first-order chi connectivity index (χ1) is 4.88. The van der Waals surface area contributed by atoms with Crippen molar-refractivity contribution in [3.63, 3.8) is 0 Å². The average Bonchev–Trinajstić information content (AvgIpc) is 2.34. The Bertz CT molecular complexity index is 276. The van der Waals surface area contributed by atoms with Crippen LogP contribution < -0.4 is 0 Å². The second-order valence-electron chi connectivity index (χ2n) is 2.36. The Balaban J connectivity index is 2.59. The molecule has 0 spiro atoms. The van der Waals surface area contributed by atoms with E-state index in [2.05, 4.69) is 55.3 Å². The molecule has 0 nitrogen and oxygen atoms in total. The van der Waals surface area contributed by atoms with Gasteiger partial charge in [0.25, 0.3) is 0 Å². The van der Waals surface area contributed by atoms with Crippen molar-refractivity contribution in [2.45, 2.75) is 4.43 Å². The van der Waals surface area contributed by atoms with Crippen molar-refractivity contribution in [3.05, 3.63) is 41.5 Å². The SMILES string of the molecule is [Ir][CH]1C=Cc2ccccc21. The number of fused-ring (bicyclic) bond motifs is 1. The molecule has 0 bridgehead atoms. The standard InChI is InChI=1S/C9H7.Ir/c1-2-5-9-7-3-6-8(9)4-1;/h1-7H;. The minimum absolute atomic E-state index is 0.621. The van der Waals surface area contributed by atoms with Gasteiger partial charge in [-0.05, 0) is 0 Å². The molecule has 0 saturated carbocycles. The van der Waals surface area contributed by atoms with E-state index in [0.29, 0.717) is 4.43 Å². The van der Waals surface area contributed by atoms with Gasteiger partial charge in [-0.25, -0.2) is 0 Å². The third kappa shape index (κ3) is 0.864. The number of rotatable bonds is 0. The number of hydrogen-bond donors (Lipinski definition) is 0. The molecule has 0 heterocycles. The first kappa shape index (κ1) is 6.33. The summed E-state index contributed by atoms with van der Waals surface area (Å²) in [6.07, 6.45) is 4.44. The first-order valence-electron chi connectivity index (χ1n) is 3.26. The summed E-state index contributed by atoms with van der Waals surface area (Å²) >= 11 is 2.22. The van der Waals surface area contributed by atoms with Crippen LogP contribution in [0.25, 0.3) is 6.08 Å². The molecule has 1 aromatic carbocycles. The fraction of sp³-hybridized carbons (Fsp3) is 0.111. The van der Waals surface area contributed by atoms with Crippen molar-refractivity contribution in [2.75, 3.05) is 0 Å². The molecule has 0 amide bonds. The molecule has 1 aromatic rings. The molecular formula is C9H7Ir. The van der Waals surface area contributed by atoms with E-state index in [1.807, 2.05) is 0 Å². The van der Waals surface area contributed by atoms with Gasteiger partial charge < -0.3 is 0 Å². The topological polar surface area (TPSA) is 0 Å². The molecule has 1 heteroatoms. The van der Waals surface area contributed by atoms with E-state index in [4.69, 9.17) is 0 Å². The molecular weight excluding hydrogens is 300 g/mol. The van der Waals surface area contributed by atoms with E-state index in [1.165, 1.54) is 11.1 Å². The van der Waals surface area contributed by atoms with Crippen molar-refractivity contribution in [1.29, 1.82) is 0 Å². The maximum atomic E-state index is 2.24. The van der Waals surface area contributed by atoms with Gasteiger partial charge in [-0.3, -0.25) is 0 Å². The summed E-state index contributed by atoms with van der Waals surface area (Å²) in [7, 11) is 0. The molecule has 1 aliphatic rings. The van der Waals surface area contributed by atoms with Crippen LogP contribution in [0, 0.1) is 0 Å². The third-order valence-electron chi connectivity index (χ3n) is 1.72. The monoisotopic (exact) mass is 308 g/mol. The van der Waals surface area contributed by atoms with Crippen LogP contribution in [0.1, 0.15) is 15.6 Å². The van der Waals surface area contributed by atoms with Gasteiger partial charge in [-0.15, -0.1) is 0 Å². The molecule has 0 aromatic heterocycles. The zero-order valence-corrected chi connectivity index (χ0v) is 7.77. The Morgan fingerprint density at radius 2 is 2.00 bits per heavy atom. The molecule has 0 radical (unpaired) electrons. The molecule has 52 valence electrons. The van der Waals surface area contributed by atoms with Crippen LogP contribution in [0.2, 0.25) is 0 Å². The number of allylic oxidation sites excluding steroid dienone is 1. The second-order valence-corrected chi connectivity index (χ2v) is 3.85. The van der Waals surface area contributed by atoms with Crippen molar-refractivity contribution in [3.8, 4) is 0 Å². The van der Waals surface area contributed by atoms with E-state index in [0.717, 1.165) is 0 Å². The molecule has 0 saturated heterocycles. The molecule has 0 fully saturated rings. The molecule has 0 aliphatic heterocycles. The van der Waals surface area contributed by atoms with E-state index in [9.17, 15) is 0 Å². The molecule has 1 aliphatic carbocycles.